The SMILES string of the molecule is CCCCCCCCCCCCCCCCCCC[CH2][Al+2].[H-].[H-]. The van der Waals surface area contributed by atoms with E-state index in [1.54, 1.807) is 0 Å². The minimum Gasteiger partial charge on any atom is -1.00 e. The van der Waals surface area contributed by atoms with Crippen LogP contribution in [0.25, 0.3) is 0 Å². The molecular weight excluding hydrogens is 267 g/mol. The molecule has 0 aliphatic heterocycles. The van der Waals surface area contributed by atoms with Crippen molar-refractivity contribution in [1.82, 2.24) is 0 Å². The van der Waals surface area contributed by atoms with E-state index in [0.29, 0.717) is 0 Å². The standard InChI is InChI=1S/C20H41.Al.2H/c1-3-5-7-9-11-13-15-17-19-20-18-16-14-12-10-8-6-4-2;;;/h1,3-20H2,2H3;;;/q;+2;2*-1. The third-order valence-electron chi connectivity index (χ3n) is 4.56. The maximum atomic E-state index is 2.83. The minimum absolute atomic E-state index is 0. The predicted molar refractivity (Wildman–Crippen MR) is 102 cm³/mol. The quantitative estimate of drug-likeness (QED) is 0.179. The topological polar surface area (TPSA) is 0 Å². The Morgan fingerprint density at radius 3 is 0.905 bits per heavy atom. The van der Waals surface area contributed by atoms with Crippen molar-refractivity contribution in [2.24, 2.45) is 0 Å². The molecule has 0 bridgehead atoms. The first-order valence-electron chi connectivity index (χ1n) is 10.1. The van der Waals surface area contributed by atoms with Gasteiger partial charge in [0, 0.05) is 0 Å². The van der Waals surface area contributed by atoms with Gasteiger partial charge in [0.2, 0.25) is 0 Å². The van der Waals surface area contributed by atoms with E-state index in [0.717, 1.165) is 0 Å². The molecule has 0 heterocycles. The molecule has 0 aromatic heterocycles. The van der Waals surface area contributed by atoms with Gasteiger partial charge in [0.1, 0.15) is 0 Å². The van der Waals surface area contributed by atoms with Crippen molar-refractivity contribution < 1.29 is 2.85 Å². The molecule has 0 aromatic rings. The van der Waals surface area contributed by atoms with Gasteiger partial charge >= 0.3 is 92.2 Å². The summed E-state index contributed by atoms with van der Waals surface area (Å²) in [6.07, 6.45) is 26.4. The summed E-state index contributed by atoms with van der Waals surface area (Å²) in [6.45, 7) is 2.30. The zero-order valence-corrected chi connectivity index (χ0v) is 16.2. The molecule has 126 valence electrons. The van der Waals surface area contributed by atoms with Gasteiger partial charge in [-0.2, -0.15) is 0 Å². The number of unbranched alkanes of at least 4 members (excludes halogenated alkanes) is 17. The van der Waals surface area contributed by atoms with Crippen LogP contribution in [0.15, 0.2) is 0 Å². The van der Waals surface area contributed by atoms with Crippen molar-refractivity contribution in [1.29, 1.82) is 0 Å². The van der Waals surface area contributed by atoms with Crippen molar-refractivity contribution >= 4 is 16.3 Å². The average Bonchev–Trinajstić information content (AvgIpc) is 2.50. The molecule has 0 N–H and O–H groups in total. The molecule has 0 aromatic carbocycles. The molecule has 0 spiro atoms. The second-order valence-electron chi connectivity index (χ2n) is 6.80. The Hall–Kier alpha value is 0.532. The summed E-state index contributed by atoms with van der Waals surface area (Å²) < 4.78 is 0. The van der Waals surface area contributed by atoms with Crippen molar-refractivity contribution in [2.45, 2.75) is 128 Å². The monoisotopic (exact) mass is 310 g/mol. The number of rotatable bonds is 18. The predicted octanol–water partition coefficient (Wildman–Crippen LogP) is 7.84. The van der Waals surface area contributed by atoms with Crippen LogP contribution >= 0.6 is 0 Å². The molecule has 0 aliphatic rings. The Bertz CT molecular complexity index is 159. The Morgan fingerprint density at radius 2 is 0.667 bits per heavy atom. The fourth-order valence-corrected chi connectivity index (χ4v) is 3.33. The number of hydrogen-bond acceptors (Lipinski definition) is 0. The molecule has 0 nitrogen and oxygen atoms in total. The summed E-state index contributed by atoms with van der Waals surface area (Å²) in [5.74, 6) is 0. The van der Waals surface area contributed by atoms with E-state index in [4.69, 9.17) is 0 Å². The maximum absolute atomic E-state index is 2.83. The van der Waals surface area contributed by atoms with Crippen LogP contribution in [0.3, 0.4) is 0 Å². The minimum atomic E-state index is 0. The molecule has 0 fully saturated rings. The van der Waals surface area contributed by atoms with Gasteiger partial charge in [-0.1, -0.05) is 51.9 Å². The zero-order chi connectivity index (χ0) is 15.4. The van der Waals surface area contributed by atoms with Gasteiger partial charge in [-0.15, -0.1) is 0 Å². The molecule has 21 heavy (non-hydrogen) atoms. The van der Waals surface area contributed by atoms with Crippen molar-refractivity contribution in [3.8, 4) is 0 Å². The van der Waals surface area contributed by atoms with Crippen LogP contribution in [0.2, 0.25) is 5.28 Å². The zero-order valence-electron chi connectivity index (χ0n) is 17.0. The number of hydrogen-bond donors (Lipinski definition) is 0. The van der Waals surface area contributed by atoms with Gasteiger partial charge in [-0.05, 0) is 0 Å². The van der Waals surface area contributed by atoms with Gasteiger partial charge in [-0.3, -0.25) is 0 Å². The first-order valence-corrected chi connectivity index (χ1v) is 10.9. The van der Waals surface area contributed by atoms with Gasteiger partial charge in [0.05, 0.1) is 0 Å². The molecule has 1 heteroatoms. The Morgan fingerprint density at radius 1 is 0.429 bits per heavy atom. The Kier molecular flexibility index (Phi) is 21.1. The summed E-state index contributed by atoms with van der Waals surface area (Å²) in [5, 5.41) is 1.29. The van der Waals surface area contributed by atoms with Gasteiger partial charge in [-0.25, -0.2) is 0 Å². The maximum Gasteiger partial charge on any atom is -1.00 e. The van der Waals surface area contributed by atoms with E-state index in [9.17, 15) is 0 Å². The van der Waals surface area contributed by atoms with Gasteiger partial charge in [0.25, 0.3) is 0 Å². The Balaban J connectivity index is -0.00000200. The van der Waals surface area contributed by atoms with E-state index in [1.165, 1.54) is 121 Å². The van der Waals surface area contributed by atoms with Crippen LogP contribution in [-0.2, 0) is 0 Å². The second-order valence-corrected chi connectivity index (χ2v) is 7.38. The van der Waals surface area contributed by atoms with E-state index in [2.05, 4.69) is 23.2 Å². The van der Waals surface area contributed by atoms with E-state index in [-0.39, 0.29) is 2.85 Å². The molecule has 0 saturated carbocycles. The average molecular weight is 311 g/mol. The van der Waals surface area contributed by atoms with Crippen molar-refractivity contribution in [3.63, 3.8) is 0 Å². The molecule has 0 radical (unpaired) electrons. The summed E-state index contributed by atoms with van der Waals surface area (Å²) >= 11 is 2.83. The van der Waals surface area contributed by atoms with Gasteiger partial charge < -0.3 is 2.85 Å². The molecule has 0 aliphatic carbocycles. The molecule has 0 rings (SSSR count). The third-order valence-corrected chi connectivity index (χ3v) is 4.97. The normalized spacial score (nSPS) is 11.2. The second kappa shape index (κ2) is 20.5. The fourth-order valence-electron chi connectivity index (χ4n) is 3.05. The Labute approximate surface area is 147 Å². The van der Waals surface area contributed by atoms with E-state index >= 15 is 0 Å². The van der Waals surface area contributed by atoms with Crippen LogP contribution in [-0.4, -0.2) is 16.3 Å². The van der Waals surface area contributed by atoms with Crippen LogP contribution in [0.5, 0.6) is 0 Å². The smallest absolute Gasteiger partial charge is 1.00 e. The first kappa shape index (κ1) is 21.5. The molecule has 0 amide bonds. The first-order chi connectivity index (χ1) is 10.4. The largest absolute Gasteiger partial charge is 1.00 e. The van der Waals surface area contributed by atoms with Crippen LogP contribution in [0.4, 0.5) is 0 Å². The van der Waals surface area contributed by atoms with Crippen molar-refractivity contribution in [2.75, 3.05) is 0 Å². The molecule has 0 atom stereocenters. The van der Waals surface area contributed by atoms with Crippen LogP contribution in [0, 0.1) is 0 Å². The fraction of sp³-hybridized carbons (Fsp3) is 1.00. The molecule has 0 unspecified atom stereocenters. The van der Waals surface area contributed by atoms with Gasteiger partial charge in [0.15, 0.2) is 0 Å². The summed E-state index contributed by atoms with van der Waals surface area (Å²) in [7, 11) is 0. The van der Waals surface area contributed by atoms with E-state index < -0.39 is 0 Å². The third kappa shape index (κ3) is 20.5. The summed E-state index contributed by atoms with van der Waals surface area (Å²) in [4.78, 5) is 0. The summed E-state index contributed by atoms with van der Waals surface area (Å²) in [5.41, 5.74) is 0. The summed E-state index contributed by atoms with van der Waals surface area (Å²) in [6, 6.07) is 0. The van der Waals surface area contributed by atoms with Crippen molar-refractivity contribution in [3.05, 3.63) is 0 Å². The van der Waals surface area contributed by atoms with Crippen LogP contribution < -0.4 is 0 Å². The van der Waals surface area contributed by atoms with E-state index in [1.807, 2.05) is 0 Å². The molecule has 0 saturated heterocycles. The van der Waals surface area contributed by atoms with Crippen LogP contribution in [0.1, 0.15) is 125 Å². The molecular formula is C20H43Al.